The van der Waals surface area contributed by atoms with E-state index in [1.807, 2.05) is 0 Å². The monoisotopic (exact) mass is 563 g/mol. The van der Waals surface area contributed by atoms with Crippen molar-refractivity contribution in [3.8, 4) is 11.5 Å². The molecule has 3 aromatic carbocycles. The summed E-state index contributed by atoms with van der Waals surface area (Å²) in [5.74, 6) is -1.52. The summed E-state index contributed by atoms with van der Waals surface area (Å²) in [6.45, 7) is 0.0726. The Morgan fingerprint density at radius 3 is 2.22 bits per heavy atom. The van der Waals surface area contributed by atoms with E-state index in [-0.39, 0.29) is 13.0 Å². The van der Waals surface area contributed by atoms with Crippen LogP contribution in [0.25, 0.3) is 0 Å². The number of hydrogen-bond acceptors (Lipinski definition) is 5. The summed E-state index contributed by atoms with van der Waals surface area (Å²) in [4.78, 5) is 33.3. The van der Waals surface area contributed by atoms with Gasteiger partial charge >= 0.3 is 6.18 Å². The number of pyridine rings is 1. The normalized spacial score (nSPS) is 11.8. The van der Waals surface area contributed by atoms with Crippen LogP contribution in [0.3, 0.4) is 0 Å². The lowest BCUT2D eigenvalue weighted by Crippen LogP contribution is -2.41. The average Bonchev–Trinajstić information content (AvgIpc) is 2.98. The Balaban J connectivity index is 1.71. The minimum Gasteiger partial charge on any atom is -0.493 e. The van der Waals surface area contributed by atoms with Gasteiger partial charge < -0.3 is 19.7 Å². The number of benzene rings is 3. The number of ether oxygens (including phenoxy) is 2. The highest BCUT2D eigenvalue weighted by Crippen LogP contribution is 2.34. The minimum atomic E-state index is -4.45. The maximum absolute atomic E-state index is 14.3. The highest BCUT2D eigenvalue weighted by molar-refractivity contribution is 6.16. The Morgan fingerprint density at radius 1 is 0.902 bits per heavy atom. The molecular formula is C31H28F3N3O4. The first kappa shape index (κ1) is 29.1. The zero-order chi connectivity index (χ0) is 29.4. The van der Waals surface area contributed by atoms with Crippen molar-refractivity contribution in [2.75, 3.05) is 31.0 Å². The standard InChI is InChI=1S/C31H28F3N3O4/c1-40-26-15-14-25(19-27(26)41-2)37(18-16-21-10-12-23(13-11-21)31(32,33)34)30(39)28(22-7-4-3-5-8-22)29(38)36-24-9-6-17-35-20-24/h3-15,17,19-20,28H,16,18H2,1-2H3,(H,36,38). The number of rotatable bonds is 10. The van der Waals surface area contributed by atoms with E-state index < -0.39 is 29.5 Å². The maximum atomic E-state index is 14.3. The van der Waals surface area contributed by atoms with Gasteiger partial charge in [0.25, 0.3) is 0 Å². The van der Waals surface area contributed by atoms with Crippen molar-refractivity contribution in [3.05, 3.63) is 114 Å². The van der Waals surface area contributed by atoms with Gasteiger partial charge in [-0.3, -0.25) is 14.6 Å². The van der Waals surface area contributed by atoms with Crippen LogP contribution in [0.4, 0.5) is 24.5 Å². The summed E-state index contributed by atoms with van der Waals surface area (Å²) in [7, 11) is 2.95. The fourth-order valence-electron chi connectivity index (χ4n) is 4.32. The molecule has 1 atom stereocenters. The smallest absolute Gasteiger partial charge is 0.416 e. The molecule has 0 saturated heterocycles. The van der Waals surface area contributed by atoms with Crippen molar-refractivity contribution in [3.63, 3.8) is 0 Å². The van der Waals surface area contributed by atoms with Gasteiger partial charge in [-0.25, -0.2) is 0 Å². The molecule has 7 nitrogen and oxygen atoms in total. The molecule has 1 N–H and O–H groups in total. The van der Waals surface area contributed by atoms with E-state index in [4.69, 9.17) is 9.47 Å². The van der Waals surface area contributed by atoms with Gasteiger partial charge in [0.15, 0.2) is 11.5 Å². The summed E-state index contributed by atoms with van der Waals surface area (Å²) in [6.07, 6.45) is -1.19. The van der Waals surface area contributed by atoms with Gasteiger partial charge in [0.05, 0.1) is 31.7 Å². The van der Waals surface area contributed by atoms with Crippen LogP contribution in [0.1, 0.15) is 22.6 Å². The zero-order valence-electron chi connectivity index (χ0n) is 22.4. The summed E-state index contributed by atoms with van der Waals surface area (Å²) < 4.78 is 49.9. The van der Waals surface area contributed by atoms with Crippen molar-refractivity contribution in [1.29, 1.82) is 0 Å². The van der Waals surface area contributed by atoms with E-state index in [1.54, 1.807) is 66.9 Å². The minimum absolute atomic E-state index is 0.0726. The molecule has 0 radical (unpaired) electrons. The first-order valence-corrected chi connectivity index (χ1v) is 12.7. The molecule has 0 spiro atoms. The van der Waals surface area contributed by atoms with Crippen molar-refractivity contribution in [1.82, 2.24) is 4.98 Å². The second-order valence-corrected chi connectivity index (χ2v) is 9.05. The third kappa shape index (κ3) is 7.21. The number of carbonyl (C=O) groups excluding carboxylic acids is 2. The predicted molar refractivity (Wildman–Crippen MR) is 149 cm³/mol. The molecule has 0 aliphatic rings. The largest absolute Gasteiger partial charge is 0.493 e. The summed E-state index contributed by atoms with van der Waals surface area (Å²) in [5.41, 5.74) is 1.15. The quantitative estimate of drug-likeness (QED) is 0.235. The van der Waals surface area contributed by atoms with Crippen LogP contribution in [-0.4, -0.2) is 37.6 Å². The van der Waals surface area contributed by atoms with Gasteiger partial charge in [-0.2, -0.15) is 13.2 Å². The van der Waals surface area contributed by atoms with E-state index in [0.717, 1.165) is 12.1 Å². The highest BCUT2D eigenvalue weighted by Gasteiger charge is 2.34. The molecule has 0 aliphatic heterocycles. The molecule has 1 aromatic heterocycles. The lowest BCUT2D eigenvalue weighted by Gasteiger charge is -2.28. The number of nitrogens with zero attached hydrogens (tertiary/aromatic N) is 2. The molecule has 41 heavy (non-hydrogen) atoms. The molecule has 1 unspecified atom stereocenters. The topological polar surface area (TPSA) is 80.8 Å². The Bertz CT molecular complexity index is 1460. The van der Waals surface area contributed by atoms with Crippen LogP contribution in [0, 0.1) is 0 Å². The lowest BCUT2D eigenvalue weighted by atomic mass is 9.95. The molecule has 1 heterocycles. The SMILES string of the molecule is COc1ccc(N(CCc2ccc(C(F)(F)F)cc2)C(=O)C(C(=O)Nc2cccnc2)c2ccccc2)cc1OC. The number of amides is 2. The van der Waals surface area contributed by atoms with Gasteiger partial charge in [0, 0.05) is 24.5 Å². The molecule has 10 heteroatoms. The number of anilines is 2. The van der Waals surface area contributed by atoms with E-state index in [2.05, 4.69) is 10.3 Å². The van der Waals surface area contributed by atoms with Crippen LogP contribution < -0.4 is 19.7 Å². The van der Waals surface area contributed by atoms with Crippen molar-refractivity contribution in [2.24, 2.45) is 0 Å². The van der Waals surface area contributed by atoms with Gasteiger partial charge in [-0.1, -0.05) is 42.5 Å². The van der Waals surface area contributed by atoms with Gasteiger partial charge in [-0.15, -0.1) is 0 Å². The van der Waals surface area contributed by atoms with Crippen LogP contribution in [-0.2, 0) is 22.2 Å². The van der Waals surface area contributed by atoms with Gasteiger partial charge in [0.2, 0.25) is 11.8 Å². The van der Waals surface area contributed by atoms with Crippen LogP contribution in [0.2, 0.25) is 0 Å². The molecule has 0 saturated carbocycles. The van der Waals surface area contributed by atoms with E-state index in [9.17, 15) is 22.8 Å². The average molecular weight is 564 g/mol. The molecule has 212 valence electrons. The number of halogens is 3. The summed E-state index contributed by atoms with van der Waals surface area (Å²) in [5, 5.41) is 2.76. The van der Waals surface area contributed by atoms with Crippen LogP contribution in [0.15, 0.2) is 97.3 Å². The molecule has 0 bridgehead atoms. The Hall–Kier alpha value is -4.86. The van der Waals surface area contributed by atoms with Crippen LogP contribution >= 0.6 is 0 Å². The molecule has 0 aliphatic carbocycles. The van der Waals surface area contributed by atoms with Crippen molar-refractivity contribution >= 4 is 23.2 Å². The fourth-order valence-corrected chi connectivity index (χ4v) is 4.32. The second kappa shape index (κ2) is 13.0. The van der Waals surface area contributed by atoms with Gasteiger partial charge in [0.1, 0.15) is 5.92 Å². The molecule has 4 rings (SSSR count). The van der Waals surface area contributed by atoms with Gasteiger partial charge in [-0.05, 0) is 53.9 Å². The Kier molecular flexibility index (Phi) is 9.23. The third-order valence-corrected chi connectivity index (χ3v) is 6.42. The zero-order valence-corrected chi connectivity index (χ0v) is 22.4. The molecular weight excluding hydrogens is 535 g/mol. The Labute approximate surface area is 235 Å². The number of hydrogen-bond donors (Lipinski definition) is 1. The summed E-state index contributed by atoms with van der Waals surface area (Å²) >= 11 is 0. The van der Waals surface area contributed by atoms with Crippen molar-refractivity contribution in [2.45, 2.75) is 18.5 Å². The van der Waals surface area contributed by atoms with E-state index in [1.165, 1.54) is 37.4 Å². The third-order valence-electron chi connectivity index (χ3n) is 6.42. The number of alkyl halides is 3. The second-order valence-electron chi connectivity index (χ2n) is 9.05. The van der Waals surface area contributed by atoms with E-state index >= 15 is 0 Å². The Morgan fingerprint density at radius 2 is 1.61 bits per heavy atom. The fraction of sp³-hybridized carbons (Fsp3) is 0.194. The molecule has 0 fully saturated rings. The van der Waals surface area contributed by atoms with Crippen molar-refractivity contribution < 1.29 is 32.2 Å². The number of carbonyl (C=O) groups is 2. The maximum Gasteiger partial charge on any atom is 0.416 e. The first-order chi connectivity index (χ1) is 19.7. The predicted octanol–water partition coefficient (Wildman–Crippen LogP) is 6.12. The van der Waals surface area contributed by atoms with E-state index in [0.29, 0.717) is 34.0 Å². The molecule has 2 amide bonds. The highest BCUT2D eigenvalue weighted by atomic mass is 19.4. The lowest BCUT2D eigenvalue weighted by molar-refractivity contribution is -0.137. The number of aromatic nitrogens is 1. The molecule has 4 aromatic rings. The van der Waals surface area contributed by atoms with Crippen LogP contribution in [0.5, 0.6) is 11.5 Å². The number of methoxy groups -OCH3 is 2. The summed E-state index contributed by atoms with van der Waals surface area (Å²) in [6, 6.07) is 21.6. The number of nitrogens with one attached hydrogen (secondary N) is 1. The first-order valence-electron chi connectivity index (χ1n) is 12.7.